The summed E-state index contributed by atoms with van der Waals surface area (Å²) in [6.45, 7) is 2.83. The third-order valence-electron chi connectivity index (χ3n) is 4.09. The summed E-state index contributed by atoms with van der Waals surface area (Å²) < 4.78 is 1.22. The first kappa shape index (κ1) is 18.9. The summed E-state index contributed by atoms with van der Waals surface area (Å²) in [7, 11) is 0. The van der Waals surface area contributed by atoms with Crippen molar-refractivity contribution in [1.82, 2.24) is 10.3 Å². The number of carbonyl (C=O) groups is 1. The number of nitrogens with zero attached hydrogens (tertiary/aromatic N) is 1. The molecular weight excluding hydrogens is 360 g/mol. The van der Waals surface area contributed by atoms with Crippen LogP contribution in [0.1, 0.15) is 29.0 Å². The van der Waals surface area contributed by atoms with Crippen molar-refractivity contribution >= 4 is 39.2 Å². The lowest BCUT2D eigenvalue weighted by atomic mass is 10.2. The van der Waals surface area contributed by atoms with Crippen LogP contribution in [0.5, 0.6) is 0 Å². The molecule has 3 nitrogen and oxygen atoms in total. The van der Waals surface area contributed by atoms with E-state index in [-0.39, 0.29) is 5.91 Å². The zero-order valence-corrected chi connectivity index (χ0v) is 16.7. The predicted molar refractivity (Wildman–Crippen MR) is 113 cm³/mol. The highest BCUT2D eigenvalue weighted by molar-refractivity contribution is 7.98. The van der Waals surface area contributed by atoms with Crippen molar-refractivity contribution in [3.63, 3.8) is 0 Å². The van der Waals surface area contributed by atoms with Crippen LogP contribution < -0.4 is 5.32 Å². The maximum absolute atomic E-state index is 11.9. The average molecular weight is 385 g/mol. The minimum absolute atomic E-state index is 0.141. The molecule has 136 valence electrons. The highest BCUT2D eigenvalue weighted by atomic mass is 32.2. The highest BCUT2D eigenvalue weighted by Gasteiger charge is 2.05. The van der Waals surface area contributed by atoms with Crippen molar-refractivity contribution in [3.05, 3.63) is 64.7 Å². The van der Waals surface area contributed by atoms with Gasteiger partial charge in [0.15, 0.2) is 0 Å². The van der Waals surface area contributed by atoms with E-state index in [0.717, 1.165) is 41.4 Å². The van der Waals surface area contributed by atoms with Crippen molar-refractivity contribution in [1.29, 1.82) is 0 Å². The number of rotatable bonds is 9. The van der Waals surface area contributed by atoms with Gasteiger partial charge in [-0.05, 0) is 37.5 Å². The fourth-order valence-electron chi connectivity index (χ4n) is 2.65. The summed E-state index contributed by atoms with van der Waals surface area (Å²) in [5.41, 5.74) is 3.68. The fraction of sp³-hybridized carbons (Fsp3) is 0.333. The monoisotopic (exact) mass is 384 g/mol. The second-order valence-corrected chi connectivity index (χ2v) is 8.54. The highest BCUT2D eigenvalue weighted by Crippen LogP contribution is 2.22. The van der Waals surface area contributed by atoms with Crippen molar-refractivity contribution in [2.24, 2.45) is 0 Å². The Morgan fingerprint density at radius 2 is 1.96 bits per heavy atom. The summed E-state index contributed by atoms with van der Waals surface area (Å²) >= 11 is 3.58. The van der Waals surface area contributed by atoms with E-state index in [4.69, 9.17) is 0 Å². The molecule has 0 radical (unpaired) electrons. The molecule has 0 bridgehead atoms. The van der Waals surface area contributed by atoms with Crippen molar-refractivity contribution in [2.45, 2.75) is 31.9 Å². The number of thioether (sulfide) groups is 1. The lowest BCUT2D eigenvalue weighted by Gasteiger charge is -2.05. The maximum atomic E-state index is 11.9. The fourth-order valence-corrected chi connectivity index (χ4v) is 4.48. The van der Waals surface area contributed by atoms with Crippen LogP contribution in [0.4, 0.5) is 0 Å². The van der Waals surface area contributed by atoms with Gasteiger partial charge in [-0.3, -0.25) is 4.79 Å². The van der Waals surface area contributed by atoms with Gasteiger partial charge in [-0.25, -0.2) is 4.98 Å². The van der Waals surface area contributed by atoms with Crippen LogP contribution in [0, 0.1) is 6.92 Å². The number of hydrogen-bond acceptors (Lipinski definition) is 4. The second-order valence-electron chi connectivity index (χ2n) is 6.32. The Kier molecular flexibility index (Phi) is 7.09. The van der Waals surface area contributed by atoms with Gasteiger partial charge >= 0.3 is 0 Å². The van der Waals surface area contributed by atoms with Gasteiger partial charge in [0.05, 0.1) is 15.2 Å². The van der Waals surface area contributed by atoms with E-state index in [1.54, 1.807) is 11.3 Å². The zero-order chi connectivity index (χ0) is 18.2. The number of hydrogen-bond donors (Lipinski definition) is 1. The predicted octanol–water partition coefficient (Wildman–Crippen LogP) is 4.98. The molecule has 1 amide bonds. The molecule has 0 spiro atoms. The Bertz CT molecular complexity index is 810. The lowest BCUT2D eigenvalue weighted by molar-refractivity contribution is -0.121. The molecule has 3 aromatic rings. The van der Waals surface area contributed by atoms with E-state index in [2.05, 4.69) is 47.6 Å². The molecule has 0 fully saturated rings. The first-order valence-electron chi connectivity index (χ1n) is 8.95. The Morgan fingerprint density at radius 3 is 2.77 bits per heavy atom. The van der Waals surface area contributed by atoms with Crippen LogP contribution in [0.15, 0.2) is 48.5 Å². The van der Waals surface area contributed by atoms with Gasteiger partial charge in [0.25, 0.3) is 0 Å². The van der Waals surface area contributed by atoms with Crippen molar-refractivity contribution in [2.75, 3.05) is 12.3 Å². The molecule has 0 aliphatic carbocycles. The van der Waals surface area contributed by atoms with Crippen LogP contribution in [-0.4, -0.2) is 23.2 Å². The lowest BCUT2D eigenvalue weighted by Crippen LogP contribution is -2.25. The number of amides is 1. The normalized spacial score (nSPS) is 11.0. The third-order valence-corrected chi connectivity index (χ3v) is 6.22. The summed E-state index contributed by atoms with van der Waals surface area (Å²) in [6, 6.07) is 16.8. The Labute approximate surface area is 163 Å². The van der Waals surface area contributed by atoms with Crippen LogP contribution in [0.2, 0.25) is 0 Å². The van der Waals surface area contributed by atoms with Crippen LogP contribution >= 0.6 is 23.1 Å². The number of thiazole rings is 1. The summed E-state index contributed by atoms with van der Waals surface area (Å²) in [4.78, 5) is 16.6. The summed E-state index contributed by atoms with van der Waals surface area (Å²) in [5, 5.41) is 4.13. The summed E-state index contributed by atoms with van der Waals surface area (Å²) in [5.74, 6) is 2.08. The van der Waals surface area contributed by atoms with E-state index in [1.807, 2.05) is 30.0 Å². The topological polar surface area (TPSA) is 42.0 Å². The quantitative estimate of drug-likeness (QED) is 0.529. The minimum Gasteiger partial charge on any atom is -0.355 e. The molecule has 1 aromatic heterocycles. The van der Waals surface area contributed by atoms with Gasteiger partial charge in [0.1, 0.15) is 0 Å². The van der Waals surface area contributed by atoms with Crippen LogP contribution in [0.25, 0.3) is 10.2 Å². The largest absolute Gasteiger partial charge is 0.355 e. The minimum atomic E-state index is 0.141. The molecule has 1 heterocycles. The van der Waals surface area contributed by atoms with E-state index in [1.165, 1.54) is 15.8 Å². The van der Waals surface area contributed by atoms with Gasteiger partial charge in [0, 0.05) is 24.5 Å². The SMILES string of the molecule is Cc1ccc(CSCCNC(=O)CCCc2nc3ccccc3s2)cc1. The van der Waals surface area contributed by atoms with Gasteiger partial charge in [-0.1, -0.05) is 42.0 Å². The zero-order valence-electron chi connectivity index (χ0n) is 15.0. The van der Waals surface area contributed by atoms with E-state index >= 15 is 0 Å². The molecule has 3 rings (SSSR count). The molecule has 1 N–H and O–H groups in total. The average Bonchev–Trinajstić information content (AvgIpc) is 3.06. The van der Waals surface area contributed by atoms with Crippen LogP contribution in [0.3, 0.4) is 0 Å². The Hall–Kier alpha value is -1.85. The number of nitrogens with one attached hydrogen (secondary N) is 1. The first-order valence-corrected chi connectivity index (χ1v) is 10.9. The standard InChI is InChI=1S/C21H24N2OS2/c1-16-9-11-17(12-10-16)15-25-14-13-22-20(24)7-4-8-21-23-18-5-2-3-6-19(18)26-21/h2-3,5-6,9-12H,4,7-8,13-15H2,1H3,(H,22,24). The van der Waals surface area contributed by atoms with Crippen molar-refractivity contribution in [3.8, 4) is 0 Å². The molecule has 0 atom stereocenters. The van der Waals surface area contributed by atoms with Crippen molar-refractivity contribution < 1.29 is 4.79 Å². The van der Waals surface area contributed by atoms with E-state index < -0.39 is 0 Å². The van der Waals surface area contributed by atoms with Gasteiger partial charge in [-0.2, -0.15) is 11.8 Å². The molecule has 0 unspecified atom stereocenters. The molecule has 0 saturated carbocycles. The number of fused-ring (bicyclic) bond motifs is 1. The molecule has 0 aliphatic heterocycles. The van der Waals surface area contributed by atoms with E-state index in [9.17, 15) is 4.79 Å². The first-order chi connectivity index (χ1) is 12.7. The molecule has 5 heteroatoms. The van der Waals surface area contributed by atoms with Gasteiger partial charge < -0.3 is 5.32 Å². The Balaban J connectivity index is 1.27. The molecule has 2 aromatic carbocycles. The smallest absolute Gasteiger partial charge is 0.220 e. The number of benzene rings is 2. The number of para-hydroxylation sites is 1. The number of carbonyl (C=O) groups excluding carboxylic acids is 1. The summed E-state index contributed by atoms with van der Waals surface area (Å²) in [6.07, 6.45) is 2.29. The number of aromatic nitrogens is 1. The second kappa shape index (κ2) is 9.74. The number of aryl methyl sites for hydroxylation is 2. The Morgan fingerprint density at radius 1 is 1.15 bits per heavy atom. The van der Waals surface area contributed by atoms with Gasteiger partial charge in [-0.15, -0.1) is 11.3 Å². The van der Waals surface area contributed by atoms with E-state index in [0.29, 0.717) is 6.42 Å². The maximum Gasteiger partial charge on any atom is 0.220 e. The molecule has 0 aliphatic rings. The van der Waals surface area contributed by atoms with Gasteiger partial charge in [0.2, 0.25) is 5.91 Å². The third kappa shape index (κ3) is 5.85. The molecule has 26 heavy (non-hydrogen) atoms. The van der Waals surface area contributed by atoms with Crippen LogP contribution in [-0.2, 0) is 17.0 Å². The molecular formula is C21H24N2OS2. The molecule has 0 saturated heterocycles.